The zero-order valence-corrected chi connectivity index (χ0v) is 14.7. The summed E-state index contributed by atoms with van der Waals surface area (Å²) in [6.45, 7) is 1.86. The lowest BCUT2D eigenvalue weighted by molar-refractivity contribution is 0.102. The van der Waals surface area contributed by atoms with Gasteiger partial charge in [0.2, 0.25) is 0 Å². The largest absolute Gasteiger partial charge is 0.306 e. The molecule has 4 rings (SSSR count). The van der Waals surface area contributed by atoms with Gasteiger partial charge in [-0.05, 0) is 61.0 Å². The lowest BCUT2D eigenvalue weighted by atomic mass is 10.1. The Morgan fingerprint density at radius 2 is 1.79 bits per heavy atom. The highest BCUT2D eigenvalue weighted by molar-refractivity contribution is 6.05. The van der Waals surface area contributed by atoms with Gasteiger partial charge >= 0.3 is 0 Å². The van der Waals surface area contributed by atoms with Gasteiger partial charge in [-0.2, -0.15) is 0 Å². The van der Waals surface area contributed by atoms with Gasteiger partial charge in [0.1, 0.15) is 34.6 Å². The van der Waals surface area contributed by atoms with Gasteiger partial charge in [0.25, 0.3) is 5.91 Å². The maximum absolute atomic E-state index is 14.4. The van der Waals surface area contributed by atoms with Gasteiger partial charge in [0, 0.05) is 17.3 Å². The second-order valence-corrected chi connectivity index (χ2v) is 6.33. The van der Waals surface area contributed by atoms with Crippen LogP contribution in [0.2, 0.25) is 0 Å². The van der Waals surface area contributed by atoms with Gasteiger partial charge in [-0.25, -0.2) is 18.2 Å². The zero-order chi connectivity index (χ0) is 19.8. The minimum Gasteiger partial charge on any atom is -0.306 e. The number of amides is 1. The number of rotatable bonds is 3. The van der Waals surface area contributed by atoms with Crippen molar-refractivity contribution in [1.29, 1.82) is 0 Å². The third-order valence-electron chi connectivity index (χ3n) is 4.28. The number of imidazole rings is 1. The van der Waals surface area contributed by atoms with Crippen LogP contribution in [-0.2, 0) is 0 Å². The quantitative estimate of drug-likeness (QED) is 0.544. The Bertz CT molecular complexity index is 1220. The molecule has 7 heteroatoms. The number of hydrogen-bond acceptors (Lipinski definition) is 2. The van der Waals surface area contributed by atoms with E-state index in [9.17, 15) is 18.0 Å². The third kappa shape index (κ3) is 3.22. The van der Waals surface area contributed by atoms with Crippen LogP contribution in [0, 0.1) is 24.4 Å². The Hall–Kier alpha value is -3.61. The molecule has 0 aliphatic carbocycles. The molecule has 2 heterocycles. The van der Waals surface area contributed by atoms with Gasteiger partial charge < -0.3 is 5.32 Å². The van der Waals surface area contributed by atoms with Gasteiger partial charge in [0.15, 0.2) is 0 Å². The summed E-state index contributed by atoms with van der Waals surface area (Å²) in [7, 11) is 0. The highest BCUT2D eigenvalue weighted by Gasteiger charge is 2.20. The van der Waals surface area contributed by atoms with Crippen molar-refractivity contribution in [2.75, 3.05) is 5.32 Å². The fraction of sp³-hybridized carbons (Fsp3) is 0.0476. The van der Waals surface area contributed by atoms with Crippen molar-refractivity contribution in [2.45, 2.75) is 6.92 Å². The highest BCUT2D eigenvalue weighted by Crippen LogP contribution is 2.32. The first-order chi connectivity index (χ1) is 13.4. The first kappa shape index (κ1) is 17.8. The van der Waals surface area contributed by atoms with Gasteiger partial charge in [-0.3, -0.25) is 9.20 Å². The van der Waals surface area contributed by atoms with Crippen LogP contribution in [0.25, 0.3) is 16.9 Å². The molecule has 0 aliphatic heterocycles. The first-order valence-corrected chi connectivity index (χ1v) is 8.43. The van der Waals surface area contributed by atoms with E-state index in [-0.39, 0.29) is 22.6 Å². The molecule has 0 fully saturated rings. The normalized spacial score (nSPS) is 11.0. The minimum absolute atomic E-state index is 0.0763. The molecule has 1 N–H and O–H groups in total. The summed E-state index contributed by atoms with van der Waals surface area (Å²) in [5, 5.41) is 2.65. The fourth-order valence-corrected chi connectivity index (χ4v) is 2.94. The van der Waals surface area contributed by atoms with Crippen LogP contribution >= 0.6 is 0 Å². The number of carbonyl (C=O) groups excluding carboxylic acids is 1. The smallest absolute Gasteiger partial charge is 0.256 e. The maximum atomic E-state index is 14.4. The SMILES string of the molecule is Cc1ccn2c(NC(=O)c3cccc(F)c3)c(-c3cc(F)ccc3F)nc2c1. The van der Waals surface area contributed by atoms with Crippen molar-refractivity contribution >= 4 is 17.4 Å². The molecule has 2 aromatic heterocycles. The molecular weight excluding hydrogens is 367 g/mol. The number of nitrogens with zero attached hydrogens (tertiary/aromatic N) is 2. The number of fused-ring (bicyclic) bond motifs is 1. The number of hydrogen-bond donors (Lipinski definition) is 1. The van der Waals surface area contributed by atoms with Gasteiger partial charge in [0.05, 0.1) is 0 Å². The summed E-state index contributed by atoms with van der Waals surface area (Å²) in [5.41, 5.74) is 1.44. The Morgan fingerprint density at radius 1 is 1.00 bits per heavy atom. The van der Waals surface area contributed by atoms with Crippen LogP contribution in [0.4, 0.5) is 19.0 Å². The molecule has 0 radical (unpaired) electrons. The molecule has 28 heavy (non-hydrogen) atoms. The molecular formula is C21H14F3N3O. The average Bonchev–Trinajstić information content (AvgIpc) is 3.01. The predicted molar refractivity (Wildman–Crippen MR) is 99.6 cm³/mol. The van der Waals surface area contributed by atoms with Gasteiger partial charge in [-0.15, -0.1) is 0 Å². The Balaban J connectivity index is 1.88. The summed E-state index contributed by atoms with van der Waals surface area (Å²) in [6, 6.07) is 11.7. The summed E-state index contributed by atoms with van der Waals surface area (Å²) in [6.07, 6.45) is 1.67. The van der Waals surface area contributed by atoms with Crippen LogP contribution in [0.5, 0.6) is 0 Å². The molecule has 0 unspecified atom stereocenters. The van der Waals surface area contributed by atoms with E-state index < -0.39 is 23.4 Å². The second kappa shape index (κ2) is 6.84. The van der Waals surface area contributed by atoms with Crippen LogP contribution < -0.4 is 5.32 Å². The number of benzene rings is 2. The Kier molecular flexibility index (Phi) is 4.35. The number of anilines is 1. The molecule has 0 spiro atoms. The minimum atomic E-state index is -0.678. The molecule has 1 amide bonds. The predicted octanol–water partition coefficient (Wildman–Crippen LogP) is 4.98. The average molecular weight is 381 g/mol. The highest BCUT2D eigenvalue weighted by atomic mass is 19.1. The van der Waals surface area contributed by atoms with Crippen molar-refractivity contribution in [2.24, 2.45) is 0 Å². The summed E-state index contributed by atoms with van der Waals surface area (Å²) < 4.78 is 43.1. The van der Waals surface area contributed by atoms with E-state index in [0.29, 0.717) is 5.65 Å². The summed E-state index contributed by atoms with van der Waals surface area (Å²) in [5.74, 6) is -2.30. The van der Waals surface area contributed by atoms with Crippen LogP contribution in [0.3, 0.4) is 0 Å². The standard InChI is InChI=1S/C21H14F3N3O/c1-12-7-8-27-18(9-12)25-19(16-11-15(23)5-6-17(16)24)20(27)26-21(28)13-3-2-4-14(22)10-13/h2-11H,1H3,(H,26,28). The third-order valence-corrected chi connectivity index (χ3v) is 4.28. The van der Waals surface area contributed by atoms with E-state index in [1.807, 2.05) is 6.92 Å². The number of aromatic nitrogens is 2. The fourth-order valence-electron chi connectivity index (χ4n) is 2.94. The lowest BCUT2D eigenvalue weighted by Crippen LogP contribution is -2.14. The van der Waals surface area contributed by atoms with E-state index in [0.717, 1.165) is 29.8 Å². The molecule has 140 valence electrons. The van der Waals surface area contributed by atoms with Crippen molar-refractivity contribution in [1.82, 2.24) is 9.38 Å². The number of nitrogens with one attached hydrogen (secondary N) is 1. The van der Waals surface area contributed by atoms with Crippen molar-refractivity contribution in [3.8, 4) is 11.3 Å². The van der Waals surface area contributed by atoms with E-state index in [2.05, 4.69) is 10.3 Å². The van der Waals surface area contributed by atoms with E-state index in [1.54, 1.807) is 22.7 Å². The Morgan fingerprint density at radius 3 is 2.57 bits per heavy atom. The number of pyridine rings is 1. The summed E-state index contributed by atoms with van der Waals surface area (Å²) >= 11 is 0. The lowest BCUT2D eigenvalue weighted by Gasteiger charge is -2.09. The van der Waals surface area contributed by atoms with Crippen LogP contribution in [0.15, 0.2) is 60.8 Å². The van der Waals surface area contributed by atoms with E-state index in [4.69, 9.17) is 0 Å². The van der Waals surface area contributed by atoms with Crippen molar-refractivity contribution < 1.29 is 18.0 Å². The zero-order valence-electron chi connectivity index (χ0n) is 14.7. The number of halogens is 3. The molecule has 0 bridgehead atoms. The molecule has 4 aromatic rings. The molecule has 0 saturated heterocycles. The maximum Gasteiger partial charge on any atom is 0.256 e. The molecule has 0 aliphatic rings. The summed E-state index contributed by atoms with van der Waals surface area (Å²) in [4.78, 5) is 17.0. The topological polar surface area (TPSA) is 46.4 Å². The van der Waals surface area contributed by atoms with E-state index in [1.165, 1.54) is 18.2 Å². The van der Waals surface area contributed by atoms with Crippen LogP contribution in [0.1, 0.15) is 15.9 Å². The van der Waals surface area contributed by atoms with Crippen LogP contribution in [-0.4, -0.2) is 15.3 Å². The molecule has 0 saturated carbocycles. The molecule has 2 aromatic carbocycles. The molecule has 0 atom stereocenters. The van der Waals surface area contributed by atoms with Gasteiger partial charge in [-0.1, -0.05) is 6.07 Å². The Labute approximate surface area is 158 Å². The number of aryl methyl sites for hydroxylation is 1. The van der Waals surface area contributed by atoms with Crippen molar-refractivity contribution in [3.05, 3.63) is 89.4 Å². The second-order valence-electron chi connectivity index (χ2n) is 6.33. The van der Waals surface area contributed by atoms with Crippen molar-refractivity contribution in [3.63, 3.8) is 0 Å². The monoisotopic (exact) mass is 381 g/mol. The molecule has 4 nitrogen and oxygen atoms in total. The first-order valence-electron chi connectivity index (χ1n) is 8.43. The number of carbonyl (C=O) groups is 1. The van der Waals surface area contributed by atoms with E-state index >= 15 is 0 Å².